The van der Waals surface area contributed by atoms with E-state index in [0.717, 1.165) is 13.0 Å². The lowest BCUT2D eigenvalue weighted by atomic mass is 10.1. The molecule has 0 fully saturated rings. The van der Waals surface area contributed by atoms with E-state index in [-0.39, 0.29) is 0 Å². The van der Waals surface area contributed by atoms with Crippen molar-refractivity contribution in [3.8, 4) is 0 Å². The van der Waals surface area contributed by atoms with Gasteiger partial charge in [-0.2, -0.15) is 0 Å². The van der Waals surface area contributed by atoms with Crippen molar-refractivity contribution in [2.75, 3.05) is 13.1 Å². The Morgan fingerprint density at radius 1 is 0.739 bits per heavy atom. The molecule has 1 nitrogen and oxygen atoms in total. The van der Waals surface area contributed by atoms with Gasteiger partial charge in [-0.3, -0.25) is 0 Å². The molecule has 0 spiro atoms. The third kappa shape index (κ3) is 13.1. The lowest BCUT2D eigenvalue weighted by Gasteiger charge is -2.04. The number of benzene rings is 1. The van der Waals surface area contributed by atoms with Gasteiger partial charge in [0.15, 0.2) is 0 Å². The van der Waals surface area contributed by atoms with Gasteiger partial charge in [0.25, 0.3) is 0 Å². The average molecular weight is 316 g/mol. The molecule has 1 N–H and O–H groups in total. The molecule has 0 saturated carbocycles. The molecule has 23 heavy (non-hydrogen) atoms. The molecular formula is C22H37N. The molecular weight excluding hydrogens is 278 g/mol. The van der Waals surface area contributed by atoms with Gasteiger partial charge in [0.05, 0.1) is 0 Å². The zero-order chi connectivity index (χ0) is 16.4. The maximum absolute atomic E-state index is 3.55. The third-order valence-electron chi connectivity index (χ3n) is 4.30. The molecule has 0 amide bonds. The number of nitrogens with one attached hydrogen (secondary N) is 1. The van der Waals surface area contributed by atoms with Gasteiger partial charge in [0, 0.05) is 0 Å². The summed E-state index contributed by atoms with van der Waals surface area (Å²) in [6.45, 7) is 4.56. The summed E-state index contributed by atoms with van der Waals surface area (Å²) in [7, 11) is 0. The van der Waals surface area contributed by atoms with Crippen LogP contribution < -0.4 is 5.32 Å². The lowest BCUT2D eigenvalue weighted by molar-refractivity contribution is 0.545. The highest BCUT2D eigenvalue weighted by Gasteiger charge is 1.92. The lowest BCUT2D eigenvalue weighted by Crippen LogP contribution is -2.15. The van der Waals surface area contributed by atoms with E-state index in [1.807, 2.05) is 0 Å². The zero-order valence-corrected chi connectivity index (χ0v) is 15.2. The quantitative estimate of drug-likeness (QED) is 0.359. The second kappa shape index (κ2) is 15.8. The van der Waals surface area contributed by atoms with Crippen molar-refractivity contribution in [1.82, 2.24) is 5.32 Å². The van der Waals surface area contributed by atoms with Gasteiger partial charge in [0.2, 0.25) is 0 Å². The van der Waals surface area contributed by atoms with E-state index < -0.39 is 0 Å². The van der Waals surface area contributed by atoms with Crippen LogP contribution in [0.15, 0.2) is 36.4 Å². The first kappa shape index (κ1) is 20.0. The minimum atomic E-state index is 1.10. The van der Waals surface area contributed by atoms with E-state index in [4.69, 9.17) is 0 Å². The van der Waals surface area contributed by atoms with Crippen LogP contribution >= 0.6 is 0 Å². The Hall–Kier alpha value is -1.08. The van der Waals surface area contributed by atoms with Crippen LogP contribution in [0.4, 0.5) is 0 Å². The fraction of sp³-hybridized carbons (Fsp3) is 0.636. The molecule has 0 radical (unpaired) electrons. The number of rotatable bonds is 15. The summed E-state index contributed by atoms with van der Waals surface area (Å²) in [5.41, 5.74) is 1.29. The number of hydrogen-bond acceptors (Lipinski definition) is 1. The van der Waals surface area contributed by atoms with E-state index in [9.17, 15) is 0 Å². The van der Waals surface area contributed by atoms with Crippen molar-refractivity contribution in [2.45, 2.75) is 77.6 Å². The van der Waals surface area contributed by atoms with Gasteiger partial charge in [-0.25, -0.2) is 0 Å². The smallest absolute Gasteiger partial charge is 0.00142 e. The first-order valence-corrected chi connectivity index (χ1v) is 9.86. The van der Waals surface area contributed by atoms with E-state index in [0.29, 0.717) is 0 Å². The van der Waals surface area contributed by atoms with Crippen molar-refractivity contribution in [3.63, 3.8) is 0 Å². The van der Waals surface area contributed by atoms with Crippen LogP contribution in [0.3, 0.4) is 0 Å². The molecule has 130 valence electrons. The molecule has 0 aromatic heterocycles. The molecule has 0 saturated heterocycles. The highest BCUT2D eigenvalue weighted by Crippen LogP contribution is 2.10. The summed E-state index contributed by atoms with van der Waals surface area (Å²) >= 11 is 0. The highest BCUT2D eigenvalue weighted by molar-refractivity contribution is 5.48. The third-order valence-corrected chi connectivity index (χ3v) is 4.30. The van der Waals surface area contributed by atoms with Gasteiger partial charge in [-0.1, -0.05) is 107 Å². The minimum absolute atomic E-state index is 1.10. The van der Waals surface area contributed by atoms with Crippen LogP contribution in [0.25, 0.3) is 6.08 Å². The Kier molecular flexibility index (Phi) is 13.7. The first-order valence-electron chi connectivity index (χ1n) is 9.86. The average Bonchev–Trinajstić information content (AvgIpc) is 2.59. The van der Waals surface area contributed by atoms with Crippen LogP contribution in [-0.4, -0.2) is 13.1 Å². The molecule has 0 bridgehead atoms. The van der Waals surface area contributed by atoms with Crippen molar-refractivity contribution < 1.29 is 0 Å². The number of hydrogen-bond donors (Lipinski definition) is 1. The summed E-state index contributed by atoms with van der Waals surface area (Å²) in [6.07, 6.45) is 19.7. The fourth-order valence-electron chi connectivity index (χ4n) is 2.83. The summed E-state index contributed by atoms with van der Waals surface area (Å²) in [5.74, 6) is 0. The van der Waals surface area contributed by atoms with Crippen LogP contribution in [0.1, 0.15) is 83.1 Å². The highest BCUT2D eigenvalue weighted by atomic mass is 14.8. The molecule has 0 aliphatic heterocycles. The molecule has 1 rings (SSSR count). The molecule has 1 aromatic rings. The minimum Gasteiger partial charge on any atom is -0.316 e. The Morgan fingerprint density at radius 3 is 2.00 bits per heavy atom. The standard InChI is InChI=1S/C22H37N/c1-2-3-4-5-6-7-8-9-10-15-20-23-21-16-14-19-22-17-12-11-13-18-22/h11-14,17-19,23H,2-10,15-16,20-21H2,1H3. The molecule has 0 unspecified atom stereocenters. The maximum Gasteiger partial charge on any atom is -0.00142 e. The van der Waals surface area contributed by atoms with E-state index in [1.165, 1.54) is 76.3 Å². The molecule has 0 aliphatic rings. The summed E-state index contributed by atoms with van der Waals surface area (Å²) in [6, 6.07) is 10.5. The normalized spacial score (nSPS) is 11.3. The van der Waals surface area contributed by atoms with Crippen LogP contribution in [0.5, 0.6) is 0 Å². The van der Waals surface area contributed by atoms with E-state index in [1.54, 1.807) is 0 Å². The Bertz CT molecular complexity index is 369. The topological polar surface area (TPSA) is 12.0 Å². The van der Waals surface area contributed by atoms with E-state index in [2.05, 4.69) is 54.7 Å². The summed E-state index contributed by atoms with van der Waals surface area (Å²) in [5, 5.41) is 3.55. The predicted molar refractivity (Wildman–Crippen MR) is 105 cm³/mol. The van der Waals surface area contributed by atoms with Crippen molar-refractivity contribution in [1.29, 1.82) is 0 Å². The largest absolute Gasteiger partial charge is 0.316 e. The van der Waals surface area contributed by atoms with Crippen LogP contribution in [0.2, 0.25) is 0 Å². The van der Waals surface area contributed by atoms with Crippen LogP contribution in [-0.2, 0) is 0 Å². The van der Waals surface area contributed by atoms with Gasteiger partial charge in [0.1, 0.15) is 0 Å². The van der Waals surface area contributed by atoms with E-state index >= 15 is 0 Å². The SMILES string of the molecule is CCCCCCCCCCCCNCCC=Cc1ccccc1. The van der Waals surface area contributed by atoms with Crippen molar-refractivity contribution in [2.24, 2.45) is 0 Å². The fourth-order valence-corrected chi connectivity index (χ4v) is 2.83. The molecule has 1 aromatic carbocycles. The number of unbranched alkanes of at least 4 members (excludes halogenated alkanes) is 9. The Balaban J connectivity index is 1.77. The van der Waals surface area contributed by atoms with Gasteiger partial charge >= 0.3 is 0 Å². The molecule has 0 atom stereocenters. The second-order valence-corrected chi connectivity index (χ2v) is 6.53. The molecule has 0 heterocycles. The molecule has 1 heteroatoms. The summed E-state index contributed by atoms with van der Waals surface area (Å²) < 4.78 is 0. The van der Waals surface area contributed by atoms with Crippen molar-refractivity contribution in [3.05, 3.63) is 42.0 Å². The Labute approximate surface area is 144 Å². The molecule has 0 aliphatic carbocycles. The zero-order valence-electron chi connectivity index (χ0n) is 15.2. The van der Waals surface area contributed by atoms with Gasteiger partial charge in [-0.15, -0.1) is 0 Å². The summed E-state index contributed by atoms with van der Waals surface area (Å²) in [4.78, 5) is 0. The monoisotopic (exact) mass is 315 g/mol. The van der Waals surface area contributed by atoms with Crippen LogP contribution in [0, 0.1) is 0 Å². The van der Waals surface area contributed by atoms with Gasteiger partial charge in [-0.05, 0) is 31.5 Å². The van der Waals surface area contributed by atoms with Crippen molar-refractivity contribution >= 4 is 6.08 Å². The predicted octanol–water partition coefficient (Wildman–Crippen LogP) is 6.60. The first-order chi connectivity index (χ1) is 11.4. The van der Waals surface area contributed by atoms with Gasteiger partial charge < -0.3 is 5.32 Å². The second-order valence-electron chi connectivity index (χ2n) is 6.53. The Morgan fingerprint density at radius 2 is 1.35 bits per heavy atom. The maximum atomic E-state index is 3.55.